The third kappa shape index (κ3) is 9.79. The molecule has 0 spiro atoms. The first-order valence-corrected chi connectivity index (χ1v) is 17.0. The van der Waals surface area contributed by atoms with Crippen molar-refractivity contribution in [3.8, 4) is 0 Å². The van der Waals surface area contributed by atoms with Gasteiger partial charge < -0.3 is 43.2 Å². The van der Waals surface area contributed by atoms with Crippen molar-refractivity contribution in [2.75, 3.05) is 13.7 Å². The normalized spacial score (nSPS) is 24.0. The smallest absolute Gasteiger partial charge is 0.408 e. The summed E-state index contributed by atoms with van der Waals surface area (Å²) in [6.45, 7) is 2.32. The number of methoxy groups -OCH3 is 1. The number of amides is 1. The molecule has 0 aromatic heterocycles. The van der Waals surface area contributed by atoms with E-state index in [4.69, 9.17) is 37.9 Å². The predicted molar refractivity (Wildman–Crippen MR) is 185 cm³/mol. The Balaban J connectivity index is 1.24. The van der Waals surface area contributed by atoms with E-state index in [2.05, 4.69) is 5.32 Å². The minimum absolute atomic E-state index is 0.0183. The summed E-state index contributed by atoms with van der Waals surface area (Å²) in [5.41, 5.74) is 3.54. The Morgan fingerprint density at radius 3 is 1.82 bits per heavy atom. The molecule has 4 aromatic rings. The van der Waals surface area contributed by atoms with Crippen molar-refractivity contribution >= 4 is 12.1 Å². The Bertz CT molecular complexity index is 1650. The molecule has 2 heterocycles. The first kappa shape index (κ1) is 36.2. The molecular formula is C40H43NO10. The number of carbonyl (C=O) groups excluding carboxylic acids is 2. The third-order valence-electron chi connectivity index (χ3n) is 8.69. The zero-order valence-electron chi connectivity index (χ0n) is 28.6. The fraction of sp³-hybridized carbons (Fsp3) is 0.350. The Labute approximate surface area is 297 Å². The number of benzene rings is 4. The maximum atomic E-state index is 13.0. The second-order valence-electron chi connectivity index (χ2n) is 12.3. The molecule has 8 atom stereocenters. The minimum atomic E-state index is -1.24. The standard InChI is InChI=1S/C40H43NO10/c1-27(33(37(42)44-2)41-40(43)48-25-30-19-11-5-12-20-30)49-39-36(46-24-29-17-9-4-10-18-29)35(45-23-28-15-7-3-8-16-28)34-32(50-39)26-47-38(51-34)31-21-13-6-14-22-31/h3-22,27,32-36,38-39H,23-26H2,1-2H3,(H,41,43)/t27-,32-,33+,34-,35+,36+,38-,39+/m1/s1. The van der Waals surface area contributed by atoms with Gasteiger partial charge in [-0.1, -0.05) is 121 Å². The van der Waals surface area contributed by atoms with E-state index >= 15 is 0 Å². The van der Waals surface area contributed by atoms with Crippen LogP contribution >= 0.6 is 0 Å². The summed E-state index contributed by atoms with van der Waals surface area (Å²) >= 11 is 0. The molecule has 11 nitrogen and oxygen atoms in total. The van der Waals surface area contributed by atoms with E-state index in [1.165, 1.54) is 7.11 Å². The fourth-order valence-electron chi connectivity index (χ4n) is 6.01. The summed E-state index contributed by atoms with van der Waals surface area (Å²) in [5, 5.41) is 2.60. The number of hydrogen-bond acceptors (Lipinski definition) is 10. The zero-order valence-corrected chi connectivity index (χ0v) is 28.6. The van der Waals surface area contributed by atoms with Gasteiger partial charge in [-0.25, -0.2) is 9.59 Å². The number of carbonyl (C=O) groups is 2. The fourth-order valence-corrected chi connectivity index (χ4v) is 6.01. The van der Waals surface area contributed by atoms with E-state index in [0.29, 0.717) is 0 Å². The average molecular weight is 698 g/mol. The van der Waals surface area contributed by atoms with E-state index in [1.807, 2.05) is 121 Å². The molecule has 51 heavy (non-hydrogen) atoms. The summed E-state index contributed by atoms with van der Waals surface area (Å²) in [6.07, 6.45) is -6.23. The molecule has 2 fully saturated rings. The van der Waals surface area contributed by atoms with E-state index in [1.54, 1.807) is 6.92 Å². The number of rotatable bonds is 14. The largest absolute Gasteiger partial charge is 0.467 e. The van der Waals surface area contributed by atoms with Crippen molar-refractivity contribution in [3.05, 3.63) is 144 Å². The highest BCUT2D eigenvalue weighted by atomic mass is 16.8. The van der Waals surface area contributed by atoms with Crippen molar-refractivity contribution in [3.63, 3.8) is 0 Å². The number of alkyl carbamates (subject to hydrolysis) is 1. The lowest BCUT2D eigenvalue weighted by Crippen LogP contribution is -2.64. The summed E-state index contributed by atoms with van der Waals surface area (Å²) in [4.78, 5) is 25.9. The molecule has 2 saturated heterocycles. The summed E-state index contributed by atoms with van der Waals surface area (Å²) in [6, 6.07) is 37.2. The van der Waals surface area contributed by atoms with Crippen molar-refractivity contribution in [1.82, 2.24) is 5.32 Å². The van der Waals surface area contributed by atoms with E-state index in [-0.39, 0.29) is 26.4 Å². The number of esters is 1. The number of fused-ring (bicyclic) bond motifs is 1. The van der Waals surface area contributed by atoms with Crippen LogP contribution in [0.25, 0.3) is 0 Å². The Morgan fingerprint density at radius 2 is 1.25 bits per heavy atom. The average Bonchev–Trinajstić information content (AvgIpc) is 3.18. The molecule has 2 aliphatic heterocycles. The second-order valence-corrected chi connectivity index (χ2v) is 12.3. The SMILES string of the molecule is COC(=O)[C@@H](NC(=O)OCc1ccccc1)[C@@H](C)O[C@H]1O[C@@H]2CO[C@@H](c3ccccc3)O[C@H]2[C@H](OCc2ccccc2)[C@@H]1OCc1ccccc1. The zero-order chi connectivity index (χ0) is 35.4. The van der Waals surface area contributed by atoms with Gasteiger partial charge in [-0.05, 0) is 23.6 Å². The van der Waals surface area contributed by atoms with E-state index in [9.17, 15) is 9.59 Å². The molecule has 0 bridgehead atoms. The molecule has 268 valence electrons. The van der Waals surface area contributed by atoms with Gasteiger partial charge >= 0.3 is 12.1 Å². The summed E-state index contributed by atoms with van der Waals surface area (Å²) in [5.74, 6) is -0.721. The number of nitrogens with one attached hydrogen (secondary N) is 1. The highest BCUT2D eigenvalue weighted by Gasteiger charge is 2.52. The maximum Gasteiger partial charge on any atom is 0.408 e. The first-order valence-electron chi connectivity index (χ1n) is 17.0. The lowest BCUT2D eigenvalue weighted by Gasteiger charge is -2.49. The van der Waals surface area contributed by atoms with Crippen LogP contribution in [0, 0.1) is 0 Å². The molecule has 0 unspecified atom stereocenters. The molecule has 2 aliphatic rings. The number of ether oxygens (including phenoxy) is 8. The van der Waals surface area contributed by atoms with Gasteiger partial charge in [-0.2, -0.15) is 0 Å². The second kappa shape index (κ2) is 18.0. The lowest BCUT2D eigenvalue weighted by molar-refractivity contribution is -0.377. The predicted octanol–water partition coefficient (Wildman–Crippen LogP) is 5.87. The molecule has 0 radical (unpaired) electrons. The van der Waals surface area contributed by atoms with Crippen LogP contribution in [0.2, 0.25) is 0 Å². The van der Waals surface area contributed by atoms with Crippen LogP contribution in [0.15, 0.2) is 121 Å². The van der Waals surface area contributed by atoms with Gasteiger partial charge in [0.1, 0.15) is 31.0 Å². The van der Waals surface area contributed by atoms with Crippen LogP contribution < -0.4 is 5.32 Å². The highest BCUT2D eigenvalue weighted by molar-refractivity contribution is 5.81. The molecule has 4 aromatic carbocycles. The van der Waals surface area contributed by atoms with Gasteiger partial charge in [0.15, 0.2) is 18.6 Å². The maximum absolute atomic E-state index is 13.0. The summed E-state index contributed by atoms with van der Waals surface area (Å²) < 4.78 is 49.4. The van der Waals surface area contributed by atoms with Crippen LogP contribution in [-0.2, 0) is 62.5 Å². The van der Waals surface area contributed by atoms with Gasteiger partial charge in [0, 0.05) is 5.56 Å². The molecule has 0 aliphatic carbocycles. The van der Waals surface area contributed by atoms with Gasteiger partial charge in [0.25, 0.3) is 0 Å². The molecular weight excluding hydrogens is 654 g/mol. The Kier molecular flexibility index (Phi) is 12.8. The number of hydrogen-bond donors (Lipinski definition) is 1. The Hall–Kier alpha value is -4.62. The highest BCUT2D eigenvalue weighted by Crippen LogP contribution is 2.38. The molecule has 6 rings (SSSR count). The molecule has 1 N–H and O–H groups in total. The van der Waals surface area contributed by atoms with Crippen molar-refractivity contribution in [2.24, 2.45) is 0 Å². The minimum Gasteiger partial charge on any atom is -0.467 e. The van der Waals surface area contributed by atoms with Crippen LogP contribution in [0.5, 0.6) is 0 Å². The molecule has 1 amide bonds. The van der Waals surface area contributed by atoms with Crippen LogP contribution in [0.3, 0.4) is 0 Å². The van der Waals surface area contributed by atoms with Crippen LogP contribution in [0.4, 0.5) is 4.79 Å². The van der Waals surface area contributed by atoms with Crippen molar-refractivity contribution in [1.29, 1.82) is 0 Å². The van der Waals surface area contributed by atoms with Gasteiger partial charge in [-0.15, -0.1) is 0 Å². The van der Waals surface area contributed by atoms with Gasteiger partial charge in [-0.3, -0.25) is 0 Å². The van der Waals surface area contributed by atoms with Crippen molar-refractivity contribution in [2.45, 2.75) is 75.9 Å². The lowest BCUT2D eigenvalue weighted by atomic mass is 9.96. The summed E-state index contributed by atoms with van der Waals surface area (Å²) in [7, 11) is 1.24. The topological polar surface area (TPSA) is 120 Å². The van der Waals surface area contributed by atoms with Gasteiger partial charge in [0.2, 0.25) is 0 Å². The Morgan fingerprint density at radius 1 is 0.725 bits per heavy atom. The van der Waals surface area contributed by atoms with Gasteiger partial charge in [0.05, 0.1) is 33.0 Å². The van der Waals surface area contributed by atoms with Crippen molar-refractivity contribution < 1.29 is 47.5 Å². The van der Waals surface area contributed by atoms with Crippen LogP contribution in [-0.4, -0.2) is 68.6 Å². The first-order chi connectivity index (χ1) is 25.0. The monoisotopic (exact) mass is 697 g/mol. The van der Waals surface area contributed by atoms with E-state index < -0.39 is 61.2 Å². The van der Waals surface area contributed by atoms with E-state index in [0.717, 1.165) is 22.3 Å². The molecule has 11 heteroatoms. The quantitative estimate of drug-likeness (QED) is 0.160. The third-order valence-corrected chi connectivity index (χ3v) is 8.69. The van der Waals surface area contributed by atoms with Crippen LogP contribution in [0.1, 0.15) is 35.5 Å². The molecule has 0 saturated carbocycles.